The third kappa shape index (κ3) is 3.22. The molecule has 0 aliphatic carbocycles. The number of aromatic nitrogens is 2. The molecule has 3 rings (SSSR count). The molecule has 0 saturated carbocycles. The fraction of sp³-hybridized carbons (Fsp3) is 0.333. The van der Waals surface area contributed by atoms with Crippen molar-refractivity contribution in [2.24, 2.45) is 5.16 Å². The summed E-state index contributed by atoms with van der Waals surface area (Å²) in [6, 6.07) is 7.45. The maximum atomic E-state index is 6.02. The third-order valence-corrected chi connectivity index (χ3v) is 3.85. The summed E-state index contributed by atoms with van der Waals surface area (Å²) in [7, 11) is 0. The van der Waals surface area contributed by atoms with Crippen molar-refractivity contribution in [3.8, 4) is 0 Å². The average molecular weight is 324 g/mol. The summed E-state index contributed by atoms with van der Waals surface area (Å²) in [6.45, 7) is 4.70. The predicted octanol–water partition coefficient (Wildman–Crippen LogP) is 4.00. The molecule has 1 atom stereocenters. The van der Waals surface area contributed by atoms with Gasteiger partial charge in [-0.05, 0) is 38.1 Å². The molecule has 0 saturated heterocycles. The summed E-state index contributed by atoms with van der Waals surface area (Å²) < 4.78 is 1.95. The Labute approximate surface area is 133 Å². The van der Waals surface area contributed by atoms with E-state index in [-0.39, 0.29) is 6.10 Å². The Bertz CT molecular complexity index is 689. The standard InChI is InChI=1S/C15H15Cl2N3O/c1-9-3-10(2)20(18-9)8-14-7-15(19-21-14)11-4-12(16)6-13(17)5-11/h3-6,14H,7-8H2,1-2H3/t14-/m1/s1. The Morgan fingerprint density at radius 1 is 1.19 bits per heavy atom. The van der Waals surface area contributed by atoms with Crippen molar-refractivity contribution >= 4 is 28.9 Å². The van der Waals surface area contributed by atoms with Gasteiger partial charge in [-0.1, -0.05) is 28.4 Å². The Kier molecular flexibility index (Phi) is 3.91. The summed E-state index contributed by atoms with van der Waals surface area (Å²) in [5, 5.41) is 9.80. The zero-order valence-corrected chi connectivity index (χ0v) is 13.3. The molecule has 2 heterocycles. The van der Waals surface area contributed by atoms with Crippen LogP contribution in [0, 0.1) is 13.8 Å². The van der Waals surface area contributed by atoms with E-state index in [9.17, 15) is 0 Å². The summed E-state index contributed by atoms with van der Waals surface area (Å²) in [5.41, 5.74) is 3.90. The Morgan fingerprint density at radius 3 is 2.52 bits per heavy atom. The van der Waals surface area contributed by atoms with Gasteiger partial charge in [0.05, 0.1) is 18.0 Å². The van der Waals surface area contributed by atoms with Crippen molar-refractivity contribution in [1.29, 1.82) is 0 Å². The molecule has 6 heteroatoms. The average Bonchev–Trinajstić information content (AvgIpc) is 2.96. The molecule has 1 aromatic carbocycles. The molecule has 0 radical (unpaired) electrons. The van der Waals surface area contributed by atoms with Gasteiger partial charge in [-0.25, -0.2) is 0 Å². The van der Waals surface area contributed by atoms with Crippen LogP contribution in [0.5, 0.6) is 0 Å². The Morgan fingerprint density at radius 2 is 1.90 bits per heavy atom. The number of hydrogen-bond donors (Lipinski definition) is 0. The topological polar surface area (TPSA) is 39.4 Å². The number of benzene rings is 1. The van der Waals surface area contributed by atoms with Crippen LogP contribution in [0.2, 0.25) is 10.0 Å². The van der Waals surface area contributed by atoms with Crippen LogP contribution in [0.3, 0.4) is 0 Å². The molecule has 0 bridgehead atoms. The first-order chi connectivity index (χ1) is 10.0. The fourth-order valence-electron chi connectivity index (χ4n) is 2.47. The van der Waals surface area contributed by atoms with E-state index in [0.717, 1.165) is 29.1 Å². The van der Waals surface area contributed by atoms with Crippen molar-refractivity contribution in [3.63, 3.8) is 0 Å². The van der Waals surface area contributed by atoms with Crippen LogP contribution in [0.1, 0.15) is 23.4 Å². The normalized spacial score (nSPS) is 17.7. The third-order valence-electron chi connectivity index (χ3n) is 3.41. The Balaban J connectivity index is 1.71. The van der Waals surface area contributed by atoms with E-state index >= 15 is 0 Å². The van der Waals surface area contributed by atoms with Crippen LogP contribution in [0.15, 0.2) is 29.4 Å². The lowest BCUT2D eigenvalue weighted by Crippen LogP contribution is -2.18. The minimum atomic E-state index is -0.0178. The van der Waals surface area contributed by atoms with Crippen molar-refractivity contribution in [2.45, 2.75) is 32.9 Å². The van der Waals surface area contributed by atoms with Crippen molar-refractivity contribution < 1.29 is 4.84 Å². The number of hydrogen-bond acceptors (Lipinski definition) is 3. The summed E-state index contributed by atoms with van der Waals surface area (Å²) in [4.78, 5) is 5.51. The first-order valence-corrected chi connectivity index (χ1v) is 7.47. The van der Waals surface area contributed by atoms with Gasteiger partial charge in [0.2, 0.25) is 0 Å². The second kappa shape index (κ2) is 5.70. The molecule has 0 spiro atoms. The van der Waals surface area contributed by atoms with Gasteiger partial charge in [0, 0.05) is 27.7 Å². The first-order valence-electron chi connectivity index (χ1n) is 6.71. The molecule has 2 aromatic rings. The highest BCUT2D eigenvalue weighted by Gasteiger charge is 2.24. The number of rotatable bonds is 3. The number of aryl methyl sites for hydroxylation is 2. The van der Waals surface area contributed by atoms with Gasteiger partial charge < -0.3 is 4.84 Å². The summed E-state index contributed by atoms with van der Waals surface area (Å²) in [6.07, 6.45) is 0.699. The molecule has 0 unspecified atom stereocenters. The smallest absolute Gasteiger partial charge is 0.152 e. The van der Waals surface area contributed by atoms with Crippen LogP contribution in [-0.2, 0) is 11.4 Å². The highest BCUT2D eigenvalue weighted by atomic mass is 35.5. The lowest BCUT2D eigenvalue weighted by atomic mass is 10.1. The van der Waals surface area contributed by atoms with E-state index in [1.54, 1.807) is 6.07 Å². The summed E-state index contributed by atoms with van der Waals surface area (Å²) >= 11 is 12.0. The van der Waals surface area contributed by atoms with E-state index in [0.29, 0.717) is 16.6 Å². The lowest BCUT2D eigenvalue weighted by Gasteiger charge is -2.09. The second-order valence-corrected chi connectivity index (χ2v) is 6.11. The van der Waals surface area contributed by atoms with Gasteiger partial charge in [-0.15, -0.1) is 0 Å². The fourth-order valence-corrected chi connectivity index (χ4v) is 3.00. The van der Waals surface area contributed by atoms with Crippen LogP contribution in [0.4, 0.5) is 0 Å². The minimum Gasteiger partial charge on any atom is -0.390 e. The quantitative estimate of drug-likeness (QED) is 0.856. The van der Waals surface area contributed by atoms with Gasteiger partial charge in [0.15, 0.2) is 6.10 Å². The number of nitrogens with zero attached hydrogens (tertiary/aromatic N) is 3. The molecule has 0 N–H and O–H groups in total. The van der Waals surface area contributed by atoms with Crippen LogP contribution in [-0.4, -0.2) is 21.6 Å². The maximum Gasteiger partial charge on any atom is 0.152 e. The van der Waals surface area contributed by atoms with Gasteiger partial charge in [-0.3, -0.25) is 4.68 Å². The largest absolute Gasteiger partial charge is 0.390 e. The predicted molar refractivity (Wildman–Crippen MR) is 84.2 cm³/mol. The highest BCUT2D eigenvalue weighted by molar-refractivity contribution is 6.35. The van der Waals surface area contributed by atoms with Gasteiger partial charge in [0.25, 0.3) is 0 Å². The van der Waals surface area contributed by atoms with Crippen LogP contribution >= 0.6 is 23.2 Å². The van der Waals surface area contributed by atoms with Crippen molar-refractivity contribution in [3.05, 3.63) is 51.3 Å². The van der Waals surface area contributed by atoms with E-state index in [1.165, 1.54) is 0 Å². The highest BCUT2D eigenvalue weighted by Crippen LogP contribution is 2.24. The second-order valence-electron chi connectivity index (χ2n) is 5.24. The maximum absolute atomic E-state index is 6.02. The molecular formula is C15H15Cl2N3O. The van der Waals surface area contributed by atoms with E-state index in [1.807, 2.05) is 36.7 Å². The summed E-state index contributed by atoms with van der Waals surface area (Å²) in [5.74, 6) is 0. The van der Waals surface area contributed by atoms with Crippen molar-refractivity contribution in [2.75, 3.05) is 0 Å². The molecule has 21 heavy (non-hydrogen) atoms. The molecule has 1 aliphatic heterocycles. The zero-order valence-electron chi connectivity index (χ0n) is 11.8. The SMILES string of the molecule is Cc1cc(C)n(C[C@H]2CC(c3cc(Cl)cc(Cl)c3)=NO2)n1. The van der Waals surface area contributed by atoms with E-state index in [4.69, 9.17) is 28.0 Å². The molecule has 1 aliphatic rings. The molecule has 4 nitrogen and oxygen atoms in total. The zero-order chi connectivity index (χ0) is 15.0. The van der Waals surface area contributed by atoms with Gasteiger partial charge in [-0.2, -0.15) is 5.10 Å². The molecular weight excluding hydrogens is 309 g/mol. The molecule has 0 fully saturated rings. The van der Waals surface area contributed by atoms with Gasteiger partial charge in [0.1, 0.15) is 0 Å². The van der Waals surface area contributed by atoms with E-state index < -0.39 is 0 Å². The number of oxime groups is 1. The number of halogens is 2. The van der Waals surface area contributed by atoms with Gasteiger partial charge >= 0.3 is 0 Å². The molecule has 0 amide bonds. The van der Waals surface area contributed by atoms with E-state index in [2.05, 4.69) is 10.3 Å². The lowest BCUT2D eigenvalue weighted by molar-refractivity contribution is 0.0692. The monoisotopic (exact) mass is 323 g/mol. The minimum absolute atomic E-state index is 0.0178. The van der Waals surface area contributed by atoms with Crippen molar-refractivity contribution in [1.82, 2.24) is 9.78 Å². The first kappa shape index (κ1) is 14.4. The van der Waals surface area contributed by atoms with Crippen LogP contribution < -0.4 is 0 Å². The molecule has 110 valence electrons. The molecule has 1 aromatic heterocycles. The van der Waals surface area contributed by atoms with Crippen LogP contribution in [0.25, 0.3) is 0 Å². The Hall–Kier alpha value is -1.52.